The molecule has 172 valence electrons. The molecule has 0 saturated carbocycles. The quantitative estimate of drug-likeness (QED) is 0.439. The molecule has 4 heterocycles. The highest BCUT2D eigenvalue weighted by atomic mass is 15.3. The van der Waals surface area contributed by atoms with Crippen LogP contribution in [0.5, 0.6) is 0 Å². The van der Waals surface area contributed by atoms with Crippen LogP contribution in [-0.4, -0.2) is 50.9 Å². The van der Waals surface area contributed by atoms with Gasteiger partial charge in [0.2, 0.25) is 5.95 Å². The highest BCUT2D eigenvalue weighted by molar-refractivity contribution is 5.87. The number of nitrogens with zero attached hydrogens (tertiary/aromatic N) is 6. The van der Waals surface area contributed by atoms with Crippen LogP contribution in [0, 0.1) is 0 Å². The lowest BCUT2D eigenvalue weighted by atomic mass is 10.1. The molecule has 3 aromatic heterocycles. The average Bonchev–Trinajstić information content (AvgIpc) is 3.29. The Bertz CT molecular complexity index is 1240. The third-order valence-electron chi connectivity index (χ3n) is 6.59. The number of hydrogen-bond acceptors (Lipinski definition) is 7. The van der Waals surface area contributed by atoms with E-state index in [2.05, 4.69) is 58.1 Å². The molecule has 0 radical (unpaired) electrons. The molecule has 1 saturated heterocycles. The van der Waals surface area contributed by atoms with E-state index in [1.54, 1.807) is 0 Å². The minimum atomic E-state index is 0.0288. The molecule has 1 atom stereocenters. The van der Waals surface area contributed by atoms with E-state index in [0.29, 0.717) is 6.04 Å². The summed E-state index contributed by atoms with van der Waals surface area (Å²) in [6.07, 6.45) is 5.86. The van der Waals surface area contributed by atoms with Crippen LogP contribution in [0.4, 0.5) is 11.8 Å². The predicted molar refractivity (Wildman–Crippen MR) is 134 cm³/mol. The Hall–Kier alpha value is -3.26. The van der Waals surface area contributed by atoms with E-state index in [0.717, 1.165) is 78.3 Å². The van der Waals surface area contributed by atoms with Crippen molar-refractivity contribution in [2.75, 3.05) is 36.4 Å². The van der Waals surface area contributed by atoms with Crippen molar-refractivity contribution in [2.45, 2.75) is 45.7 Å². The number of para-hydroxylation sites is 1. The van der Waals surface area contributed by atoms with Crippen molar-refractivity contribution in [1.29, 1.82) is 0 Å². The Labute approximate surface area is 194 Å². The lowest BCUT2D eigenvalue weighted by molar-refractivity contribution is 0.441. The second kappa shape index (κ2) is 9.31. The lowest BCUT2D eigenvalue weighted by Gasteiger charge is -2.28. The molecule has 2 N–H and O–H groups in total. The maximum Gasteiger partial charge on any atom is 0.228 e. The molecular formula is C25H32N8. The van der Waals surface area contributed by atoms with E-state index in [4.69, 9.17) is 15.1 Å². The van der Waals surface area contributed by atoms with Gasteiger partial charge in [-0.2, -0.15) is 10.1 Å². The zero-order valence-corrected chi connectivity index (χ0v) is 19.6. The number of pyridine rings is 1. The summed E-state index contributed by atoms with van der Waals surface area (Å²) in [5.41, 5.74) is 3.99. The molecule has 1 aromatic carbocycles. The number of fused-ring (bicyclic) bond motifs is 2. The van der Waals surface area contributed by atoms with Crippen molar-refractivity contribution in [3.8, 4) is 0 Å². The summed E-state index contributed by atoms with van der Waals surface area (Å²) in [4.78, 5) is 16.8. The van der Waals surface area contributed by atoms with Gasteiger partial charge in [0.1, 0.15) is 11.0 Å². The predicted octanol–water partition coefficient (Wildman–Crippen LogP) is 4.32. The standard InChI is InChI=1S/C25H32N8/c1-4-20(5-2)33-23-22(16-28-33)30-25(32-12-10-26-11-13-32)31-24(23)29-17(3)19-14-18-8-6-7-9-21(18)27-15-19/h6-9,14-17,20,26H,4-5,10-13H2,1-3H3,(H,29,30,31)/t17-/m1/s1. The fourth-order valence-corrected chi connectivity index (χ4v) is 4.58. The number of anilines is 2. The van der Waals surface area contributed by atoms with Crippen LogP contribution in [0.1, 0.15) is 51.3 Å². The molecule has 4 aromatic rings. The number of hydrogen-bond donors (Lipinski definition) is 2. The molecular weight excluding hydrogens is 412 g/mol. The summed E-state index contributed by atoms with van der Waals surface area (Å²) in [6.45, 7) is 10.2. The van der Waals surface area contributed by atoms with Crippen molar-refractivity contribution >= 4 is 33.7 Å². The van der Waals surface area contributed by atoms with Gasteiger partial charge in [-0.15, -0.1) is 0 Å². The molecule has 0 bridgehead atoms. The molecule has 0 unspecified atom stereocenters. The lowest BCUT2D eigenvalue weighted by Crippen LogP contribution is -2.44. The third kappa shape index (κ3) is 4.23. The maximum absolute atomic E-state index is 5.03. The molecule has 0 amide bonds. The molecule has 8 heteroatoms. The van der Waals surface area contributed by atoms with E-state index in [1.165, 1.54) is 0 Å². The van der Waals surface area contributed by atoms with Gasteiger partial charge in [-0.05, 0) is 37.5 Å². The maximum atomic E-state index is 5.03. The van der Waals surface area contributed by atoms with Crippen molar-refractivity contribution in [3.63, 3.8) is 0 Å². The van der Waals surface area contributed by atoms with Gasteiger partial charge in [0, 0.05) is 37.8 Å². The summed E-state index contributed by atoms with van der Waals surface area (Å²) >= 11 is 0. The Balaban J connectivity index is 1.56. The zero-order valence-electron chi connectivity index (χ0n) is 19.6. The van der Waals surface area contributed by atoms with Crippen molar-refractivity contribution in [3.05, 3.63) is 48.3 Å². The van der Waals surface area contributed by atoms with Crippen LogP contribution in [0.15, 0.2) is 42.7 Å². The molecule has 8 nitrogen and oxygen atoms in total. The van der Waals surface area contributed by atoms with Gasteiger partial charge in [-0.1, -0.05) is 32.0 Å². The van der Waals surface area contributed by atoms with E-state index in [9.17, 15) is 0 Å². The molecule has 33 heavy (non-hydrogen) atoms. The normalized spacial score (nSPS) is 15.5. The summed E-state index contributed by atoms with van der Waals surface area (Å²) < 4.78 is 2.10. The summed E-state index contributed by atoms with van der Waals surface area (Å²) in [6, 6.07) is 10.8. The highest BCUT2D eigenvalue weighted by Crippen LogP contribution is 2.31. The van der Waals surface area contributed by atoms with Gasteiger partial charge in [0.25, 0.3) is 0 Å². The number of piperazine rings is 1. The van der Waals surface area contributed by atoms with Crippen molar-refractivity contribution < 1.29 is 0 Å². The second-order valence-electron chi connectivity index (χ2n) is 8.73. The minimum Gasteiger partial charge on any atom is -0.362 e. The smallest absolute Gasteiger partial charge is 0.228 e. The SMILES string of the molecule is CCC(CC)n1ncc2nc(N3CCNCC3)nc(N[C@H](C)c3cnc4ccccc4c3)c21. The van der Waals surface area contributed by atoms with E-state index in [-0.39, 0.29) is 6.04 Å². The number of benzene rings is 1. The Morgan fingerprint density at radius 2 is 1.82 bits per heavy atom. The Morgan fingerprint density at radius 3 is 2.61 bits per heavy atom. The molecule has 0 spiro atoms. The Morgan fingerprint density at radius 1 is 1.03 bits per heavy atom. The summed E-state index contributed by atoms with van der Waals surface area (Å²) in [7, 11) is 0. The molecule has 5 rings (SSSR count). The minimum absolute atomic E-state index is 0.0288. The molecule has 0 aliphatic carbocycles. The second-order valence-corrected chi connectivity index (χ2v) is 8.73. The first-order chi connectivity index (χ1) is 16.2. The average molecular weight is 445 g/mol. The zero-order chi connectivity index (χ0) is 22.8. The fourth-order valence-electron chi connectivity index (χ4n) is 4.58. The van der Waals surface area contributed by atoms with E-state index in [1.807, 2.05) is 30.6 Å². The van der Waals surface area contributed by atoms with Crippen LogP contribution in [-0.2, 0) is 0 Å². The number of nitrogens with one attached hydrogen (secondary N) is 2. The summed E-state index contributed by atoms with van der Waals surface area (Å²) in [5, 5.41) is 13.0. The third-order valence-corrected chi connectivity index (χ3v) is 6.59. The fraction of sp³-hybridized carbons (Fsp3) is 0.440. The number of rotatable bonds is 7. The molecule has 1 fully saturated rings. The van der Waals surface area contributed by atoms with Crippen LogP contribution in [0.2, 0.25) is 0 Å². The van der Waals surface area contributed by atoms with Gasteiger partial charge in [0.15, 0.2) is 5.82 Å². The van der Waals surface area contributed by atoms with Gasteiger partial charge in [-0.3, -0.25) is 9.67 Å². The van der Waals surface area contributed by atoms with Gasteiger partial charge in [-0.25, -0.2) is 4.98 Å². The van der Waals surface area contributed by atoms with Gasteiger partial charge in [0.05, 0.1) is 23.8 Å². The first kappa shape index (κ1) is 21.6. The van der Waals surface area contributed by atoms with Gasteiger partial charge >= 0.3 is 0 Å². The van der Waals surface area contributed by atoms with E-state index < -0.39 is 0 Å². The topological polar surface area (TPSA) is 83.8 Å². The van der Waals surface area contributed by atoms with Gasteiger partial charge < -0.3 is 15.5 Å². The first-order valence-corrected chi connectivity index (χ1v) is 12.0. The first-order valence-electron chi connectivity index (χ1n) is 12.0. The molecule has 1 aliphatic heterocycles. The van der Waals surface area contributed by atoms with Crippen LogP contribution >= 0.6 is 0 Å². The van der Waals surface area contributed by atoms with E-state index >= 15 is 0 Å². The Kier molecular flexibility index (Phi) is 6.09. The van der Waals surface area contributed by atoms with Crippen molar-refractivity contribution in [2.24, 2.45) is 0 Å². The van der Waals surface area contributed by atoms with Crippen LogP contribution < -0.4 is 15.5 Å². The largest absolute Gasteiger partial charge is 0.362 e. The molecule has 1 aliphatic rings. The monoisotopic (exact) mass is 444 g/mol. The number of aromatic nitrogens is 5. The van der Waals surface area contributed by atoms with Crippen molar-refractivity contribution in [1.82, 2.24) is 30.0 Å². The van der Waals surface area contributed by atoms with Crippen LogP contribution in [0.3, 0.4) is 0 Å². The highest BCUT2D eigenvalue weighted by Gasteiger charge is 2.22. The summed E-state index contributed by atoms with van der Waals surface area (Å²) in [5.74, 6) is 1.60. The van der Waals surface area contributed by atoms with Crippen LogP contribution in [0.25, 0.3) is 21.9 Å².